The molecule has 0 aliphatic heterocycles. The van der Waals surface area contributed by atoms with E-state index in [1.165, 1.54) is 3.57 Å². The SMILES string of the molecule is COC(CC(C)(O)Cc1ccc(I)cc1)OC. The van der Waals surface area contributed by atoms with Gasteiger partial charge >= 0.3 is 0 Å². The fourth-order valence-electron chi connectivity index (χ4n) is 1.74. The van der Waals surface area contributed by atoms with E-state index in [9.17, 15) is 5.11 Å². The van der Waals surface area contributed by atoms with Gasteiger partial charge in [-0.25, -0.2) is 0 Å². The molecule has 1 N–H and O–H groups in total. The highest BCUT2D eigenvalue weighted by Gasteiger charge is 2.25. The standard InChI is InChI=1S/C13H19IO3/c1-13(15,9-12(16-2)17-3)8-10-4-6-11(14)7-5-10/h4-7,12,15H,8-9H2,1-3H3. The van der Waals surface area contributed by atoms with Crippen LogP contribution in [0.25, 0.3) is 0 Å². The lowest BCUT2D eigenvalue weighted by atomic mass is 9.93. The Kier molecular flexibility index (Phi) is 5.85. The van der Waals surface area contributed by atoms with Crippen molar-refractivity contribution < 1.29 is 14.6 Å². The van der Waals surface area contributed by atoms with Crippen LogP contribution in [0.1, 0.15) is 18.9 Å². The van der Waals surface area contributed by atoms with Gasteiger partial charge in [-0.3, -0.25) is 0 Å². The minimum absolute atomic E-state index is 0.367. The molecule has 0 amide bonds. The molecule has 0 saturated heterocycles. The van der Waals surface area contributed by atoms with Gasteiger partial charge in [0.25, 0.3) is 0 Å². The van der Waals surface area contributed by atoms with Crippen LogP contribution in [-0.2, 0) is 15.9 Å². The second-order valence-electron chi connectivity index (χ2n) is 4.41. The second-order valence-corrected chi connectivity index (χ2v) is 5.65. The van der Waals surface area contributed by atoms with Gasteiger partial charge in [-0.15, -0.1) is 0 Å². The maximum Gasteiger partial charge on any atom is 0.159 e. The number of hydrogen-bond acceptors (Lipinski definition) is 3. The van der Waals surface area contributed by atoms with Crippen LogP contribution in [0.4, 0.5) is 0 Å². The van der Waals surface area contributed by atoms with Crippen molar-refractivity contribution in [3.63, 3.8) is 0 Å². The maximum atomic E-state index is 10.3. The molecule has 0 saturated carbocycles. The molecule has 0 bridgehead atoms. The van der Waals surface area contributed by atoms with Gasteiger partial charge in [-0.2, -0.15) is 0 Å². The van der Waals surface area contributed by atoms with Crippen molar-refractivity contribution in [2.45, 2.75) is 31.7 Å². The largest absolute Gasteiger partial charge is 0.390 e. The summed E-state index contributed by atoms with van der Waals surface area (Å²) in [4.78, 5) is 0. The first-order valence-corrected chi connectivity index (χ1v) is 6.57. The van der Waals surface area contributed by atoms with E-state index >= 15 is 0 Å². The third-order valence-corrected chi connectivity index (χ3v) is 3.35. The van der Waals surface area contributed by atoms with Crippen LogP contribution in [0.5, 0.6) is 0 Å². The van der Waals surface area contributed by atoms with E-state index in [1.54, 1.807) is 21.1 Å². The predicted octanol–water partition coefficient (Wildman–Crippen LogP) is 2.59. The molecule has 17 heavy (non-hydrogen) atoms. The van der Waals surface area contributed by atoms with E-state index in [0.717, 1.165) is 5.56 Å². The molecule has 0 fully saturated rings. The molecule has 0 aromatic heterocycles. The summed E-state index contributed by atoms with van der Waals surface area (Å²) in [6.45, 7) is 1.80. The molecule has 1 atom stereocenters. The molecule has 1 unspecified atom stereocenters. The molecule has 4 heteroatoms. The van der Waals surface area contributed by atoms with Crippen molar-refractivity contribution in [1.82, 2.24) is 0 Å². The Labute approximate surface area is 116 Å². The first-order chi connectivity index (χ1) is 7.96. The highest BCUT2D eigenvalue weighted by molar-refractivity contribution is 14.1. The van der Waals surface area contributed by atoms with Gasteiger partial charge in [0.2, 0.25) is 0 Å². The Hall–Kier alpha value is -0.170. The monoisotopic (exact) mass is 350 g/mol. The average Bonchev–Trinajstić information content (AvgIpc) is 2.29. The Balaban J connectivity index is 2.62. The van der Waals surface area contributed by atoms with E-state index in [4.69, 9.17) is 9.47 Å². The van der Waals surface area contributed by atoms with Crippen molar-refractivity contribution in [2.75, 3.05) is 14.2 Å². The highest BCUT2D eigenvalue weighted by atomic mass is 127. The molecular formula is C13H19IO3. The molecule has 0 heterocycles. The smallest absolute Gasteiger partial charge is 0.159 e. The zero-order chi connectivity index (χ0) is 12.9. The molecule has 96 valence electrons. The Morgan fingerprint density at radius 1 is 1.24 bits per heavy atom. The van der Waals surface area contributed by atoms with Gasteiger partial charge in [0.15, 0.2) is 6.29 Å². The summed E-state index contributed by atoms with van der Waals surface area (Å²) in [5.74, 6) is 0. The number of hydrogen-bond donors (Lipinski definition) is 1. The van der Waals surface area contributed by atoms with Crippen molar-refractivity contribution in [1.29, 1.82) is 0 Å². The van der Waals surface area contributed by atoms with E-state index in [2.05, 4.69) is 22.6 Å². The Bertz CT molecular complexity index is 331. The van der Waals surface area contributed by atoms with Gasteiger partial charge in [-0.05, 0) is 47.2 Å². The number of methoxy groups -OCH3 is 2. The minimum atomic E-state index is -0.830. The zero-order valence-corrected chi connectivity index (χ0v) is 12.6. The summed E-state index contributed by atoms with van der Waals surface area (Å²) in [5, 5.41) is 10.3. The zero-order valence-electron chi connectivity index (χ0n) is 10.4. The van der Waals surface area contributed by atoms with E-state index in [1.807, 2.05) is 24.3 Å². The molecule has 0 spiro atoms. The Morgan fingerprint density at radius 3 is 2.24 bits per heavy atom. The lowest BCUT2D eigenvalue weighted by molar-refractivity contribution is -0.139. The van der Waals surface area contributed by atoms with Crippen molar-refractivity contribution >= 4 is 22.6 Å². The lowest BCUT2D eigenvalue weighted by Gasteiger charge is -2.27. The molecule has 1 aromatic rings. The molecular weight excluding hydrogens is 331 g/mol. The van der Waals surface area contributed by atoms with Crippen LogP contribution in [0.3, 0.4) is 0 Å². The predicted molar refractivity (Wildman–Crippen MR) is 75.9 cm³/mol. The number of benzene rings is 1. The normalized spacial score (nSPS) is 14.9. The topological polar surface area (TPSA) is 38.7 Å². The van der Waals surface area contributed by atoms with Crippen LogP contribution < -0.4 is 0 Å². The molecule has 3 nitrogen and oxygen atoms in total. The minimum Gasteiger partial charge on any atom is -0.390 e. The van der Waals surface area contributed by atoms with E-state index in [0.29, 0.717) is 12.8 Å². The molecule has 0 aliphatic rings. The second kappa shape index (κ2) is 6.68. The van der Waals surface area contributed by atoms with Crippen LogP contribution in [0, 0.1) is 3.57 Å². The van der Waals surface area contributed by atoms with Crippen LogP contribution in [-0.4, -0.2) is 31.2 Å². The van der Waals surface area contributed by atoms with Crippen LogP contribution in [0.15, 0.2) is 24.3 Å². The van der Waals surface area contributed by atoms with Crippen LogP contribution >= 0.6 is 22.6 Å². The summed E-state index contributed by atoms with van der Waals surface area (Å²) in [5.41, 5.74) is 0.282. The number of aliphatic hydroxyl groups is 1. The van der Waals surface area contributed by atoms with Gasteiger partial charge in [0, 0.05) is 30.6 Å². The summed E-state index contributed by atoms with van der Waals surface area (Å²) in [6.07, 6.45) is 0.674. The first-order valence-electron chi connectivity index (χ1n) is 5.49. The van der Waals surface area contributed by atoms with Crippen LogP contribution in [0.2, 0.25) is 0 Å². The Morgan fingerprint density at radius 2 is 1.76 bits per heavy atom. The summed E-state index contributed by atoms with van der Waals surface area (Å²) in [7, 11) is 3.16. The van der Waals surface area contributed by atoms with Gasteiger partial charge < -0.3 is 14.6 Å². The van der Waals surface area contributed by atoms with E-state index in [-0.39, 0.29) is 6.29 Å². The molecule has 0 radical (unpaired) electrons. The van der Waals surface area contributed by atoms with E-state index < -0.39 is 5.60 Å². The first kappa shape index (κ1) is 14.9. The van der Waals surface area contributed by atoms with Gasteiger partial charge in [0.05, 0.1) is 5.60 Å². The molecule has 0 aliphatic carbocycles. The fourth-order valence-corrected chi connectivity index (χ4v) is 2.10. The third-order valence-electron chi connectivity index (χ3n) is 2.63. The highest BCUT2D eigenvalue weighted by Crippen LogP contribution is 2.20. The molecule has 1 rings (SSSR count). The number of rotatable bonds is 6. The summed E-state index contributed by atoms with van der Waals surface area (Å²) in [6, 6.07) is 8.14. The van der Waals surface area contributed by atoms with Gasteiger partial charge in [0.1, 0.15) is 0 Å². The fraction of sp³-hybridized carbons (Fsp3) is 0.538. The number of halogens is 1. The van der Waals surface area contributed by atoms with Crippen molar-refractivity contribution in [2.24, 2.45) is 0 Å². The van der Waals surface area contributed by atoms with Crippen molar-refractivity contribution in [3.8, 4) is 0 Å². The number of ether oxygens (including phenoxy) is 2. The molecule has 1 aromatic carbocycles. The summed E-state index contributed by atoms with van der Waals surface area (Å²) < 4.78 is 11.4. The maximum absolute atomic E-state index is 10.3. The quantitative estimate of drug-likeness (QED) is 0.633. The lowest BCUT2D eigenvalue weighted by Crippen LogP contribution is -2.34. The summed E-state index contributed by atoms with van der Waals surface area (Å²) >= 11 is 2.26. The van der Waals surface area contributed by atoms with Gasteiger partial charge in [-0.1, -0.05) is 12.1 Å². The third kappa shape index (κ3) is 5.33. The van der Waals surface area contributed by atoms with Crippen molar-refractivity contribution in [3.05, 3.63) is 33.4 Å². The average molecular weight is 350 g/mol.